The molecule has 0 radical (unpaired) electrons. The van der Waals surface area contributed by atoms with Crippen molar-refractivity contribution in [3.05, 3.63) is 17.5 Å². The van der Waals surface area contributed by atoms with Crippen LogP contribution >= 0.6 is 24.0 Å². The monoisotopic (exact) mass is 491 g/mol. The number of guanidine groups is 1. The lowest BCUT2D eigenvalue weighted by atomic mass is 10.4. The van der Waals surface area contributed by atoms with Crippen molar-refractivity contribution < 1.29 is 17.9 Å². The zero-order chi connectivity index (χ0) is 18.7. The zero-order valence-corrected chi connectivity index (χ0v) is 17.9. The van der Waals surface area contributed by atoms with Crippen LogP contribution in [0.4, 0.5) is 13.2 Å². The average molecular weight is 491 g/mol. The van der Waals surface area contributed by atoms with E-state index in [2.05, 4.69) is 25.5 Å². The van der Waals surface area contributed by atoms with Crippen molar-refractivity contribution in [2.75, 3.05) is 32.8 Å². The Kier molecular flexibility index (Phi) is 12.7. The molecule has 0 aromatic carbocycles. The number of hydrogen-bond acceptors (Lipinski definition) is 3. The van der Waals surface area contributed by atoms with Crippen LogP contribution in [0.5, 0.6) is 0 Å². The van der Waals surface area contributed by atoms with Crippen LogP contribution in [0.3, 0.4) is 0 Å². The highest BCUT2D eigenvalue weighted by Crippen LogP contribution is 2.14. The minimum atomic E-state index is -4.27. The summed E-state index contributed by atoms with van der Waals surface area (Å²) in [6.45, 7) is 7.46. The van der Waals surface area contributed by atoms with Crippen LogP contribution in [-0.2, 0) is 11.3 Å². The van der Waals surface area contributed by atoms with Gasteiger partial charge in [0, 0.05) is 38.5 Å². The fourth-order valence-electron chi connectivity index (χ4n) is 2.22. The molecule has 1 aromatic heterocycles. The Morgan fingerprint density at radius 1 is 1.27 bits per heavy atom. The first-order valence-electron chi connectivity index (χ1n) is 8.49. The second kappa shape index (κ2) is 13.2. The molecule has 1 rings (SSSR count). The molecule has 152 valence electrons. The number of halogens is 4. The number of alkyl halides is 3. The molecule has 2 N–H and O–H groups in total. The van der Waals surface area contributed by atoms with Crippen molar-refractivity contribution in [2.24, 2.45) is 4.99 Å². The Labute approximate surface area is 170 Å². The Morgan fingerprint density at radius 3 is 2.58 bits per heavy atom. The largest absolute Gasteiger partial charge is 0.411 e. The molecule has 0 aliphatic heterocycles. The van der Waals surface area contributed by atoms with Crippen molar-refractivity contribution >= 4 is 29.9 Å². The Balaban J connectivity index is 0.00000625. The van der Waals surface area contributed by atoms with Crippen molar-refractivity contribution in [1.29, 1.82) is 0 Å². The summed E-state index contributed by atoms with van der Waals surface area (Å²) in [4.78, 5) is 4.45. The lowest BCUT2D eigenvalue weighted by Crippen LogP contribution is -2.38. The van der Waals surface area contributed by atoms with Gasteiger partial charge in [0.1, 0.15) is 6.61 Å². The molecule has 0 saturated heterocycles. The van der Waals surface area contributed by atoms with Crippen LogP contribution in [0.2, 0.25) is 0 Å². The second-order valence-electron chi connectivity index (χ2n) is 5.71. The summed E-state index contributed by atoms with van der Waals surface area (Å²) < 4.78 is 42.3. The summed E-state index contributed by atoms with van der Waals surface area (Å²) in [6, 6.07) is 2.04. The van der Waals surface area contributed by atoms with E-state index in [4.69, 9.17) is 0 Å². The summed E-state index contributed by atoms with van der Waals surface area (Å²) in [7, 11) is 0. The fraction of sp³-hybridized carbons (Fsp3) is 0.750. The molecule has 0 unspecified atom stereocenters. The van der Waals surface area contributed by atoms with Gasteiger partial charge in [0.15, 0.2) is 5.96 Å². The van der Waals surface area contributed by atoms with Gasteiger partial charge in [-0.25, -0.2) is 0 Å². The Morgan fingerprint density at radius 2 is 2.00 bits per heavy atom. The van der Waals surface area contributed by atoms with Gasteiger partial charge in [0.2, 0.25) is 0 Å². The quantitative estimate of drug-likeness (QED) is 0.229. The molecule has 0 atom stereocenters. The fourth-order valence-corrected chi connectivity index (χ4v) is 2.22. The molecule has 0 amide bonds. The van der Waals surface area contributed by atoms with Gasteiger partial charge in [-0.1, -0.05) is 0 Å². The number of aromatic nitrogens is 2. The maximum atomic E-state index is 11.9. The third-order valence-corrected chi connectivity index (χ3v) is 3.27. The first-order valence-corrected chi connectivity index (χ1v) is 8.49. The van der Waals surface area contributed by atoms with E-state index in [0.29, 0.717) is 32.0 Å². The van der Waals surface area contributed by atoms with Gasteiger partial charge in [0.25, 0.3) is 0 Å². The number of ether oxygens (including phenoxy) is 1. The molecule has 26 heavy (non-hydrogen) atoms. The smallest absolute Gasteiger partial charge is 0.372 e. The number of hydrogen-bond donors (Lipinski definition) is 2. The number of aryl methyl sites for hydroxylation is 3. The molecule has 10 heteroatoms. The molecule has 0 saturated carbocycles. The van der Waals surface area contributed by atoms with Gasteiger partial charge in [-0.15, -0.1) is 24.0 Å². The van der Waals surface area contributed by atoms with Gasteiger partial charge in [-0.3, -0.25) is 9.67 Å². The predicted octanol–water partition coefficient (Wildman–Crippen LogP) is 3.03. The van der Waals surface area contributed by atoms with Crippen LogP contribution in [0.1, 0.15) is 31.2 Å². The van der Waals surface area contributed by atoms with E-state index in [0.717, 1.165) is 24.4 Å². The predicted molar refractivity (Wildman–Crippen MR) is 107 cm³/mol. The summed E-state index contributed by atoms with van der Waals surface area (Å²) in [6.07, 6.45) is -2.94. The maximum absolute atomic E-state index is 11.9. The summed E-state index contributed by atoms with van der Waals surface area (Å²) >= 11 is 0. The Hall–Kier alpha value is -1.04. The molecule has 6 nitrogen and oxygen atoms in total. The molecule has 1 heterocycles. The highest BCUT2D eigenvalue weighted by molar-refractivity contribution is 14.0. The van der Waals surface area contributed by atoms with Crippen LogP contribution in [0.25, 0.3) is 0 Å². The van der Waals surface area contributed by atoms with E-state index in [1.165, 1.54) is 0 Å². The number of nitrogens with zero attached hydrogens (tertiary/aromatic N) is 3. The van der Waals surface area contributed by atoms with Gasteiger partial charge in [-0.05, 0) is 39.7 Å². The van der Waals surface area contributed by atoms with E-state index in [9.17, 15) is 13.2 Å². The van der Waals surface area contributed by atoms with Crippen molar-refractivity contribution in [3.8, 4) is 0 Å². The second-order valence-corrected chi connectivity index (χ2v) is 5.71. The molecule has 0 bridgehead atoms. The summed E-state index contributed by atoms with van der Waals surface area (Å²) in [5.74, 6) is 0.659. The average Bonchev–Trinajstić information content (AvgIpc) is 2.83. The minimum Gasteiger partial charge on any atom is -0.372 e. The summed E-state index contributed by atoms with van der Waals surface area (Å²) in [5.41, 5.74) is 2.13. The van der Waals surface area contributed by atoms with Gasteiger partial charge >= 0.3 is 6.18 Å². The van der Waals surface area contributed by atoms with Gasteiger partial charge in [-0.2, -0.15) is 18.3 Å². The first kappa shape index (κ1) is 25.0. The van der Waals surface area contributed by atoms with E-state index < -0.39 is 12.8 Å². The van der Waals surface area contributed by atoms with Crippen LogP contribution in [0.15, 0.2) is 11.1 Å². The topological polar surface area (TPSA) is 63.5 Å². The van der Waals surface area contributed by atoms with Crippen LogP contribution in [-0.4, -0.2) is 54.8 Å². The molecule has 0 aliphatic rings. The van der Waals surface area contributed by atoms with E-state index in [1.807, 2.05) is 31.5 Å². The van der Waals surface area contributed by atoms with Crippen molar-refractivity contribution in [1.82, 2.24) is 20.4 Å². The van der Waals surface area contributed by atoms with Crippen molar-refractivity contribution in [2.45, 2.75) is 46.3 Å². The molecule has 0 aliphatic carbocycles. The normalized spacial score (nSPS) is 12.0. The Bertz CT molecular complexity index is 534. The molecule has 0 spiro atoms. The first-order chi connectivity index (χ1) is 11.8. The highest BCUT2D eigenvalue weighted by Gasteiger charge is 2.27. The van der Waals surface area contributed by atoms with Gasteiger partial charge in [0.05, 0.1) is 5.69 Å². The highest BCUT2D eigenvalue weighted by atomic mass is 127. The number of nitrogens with one attached hydrogen (secondary N) is 2. The van der Waals surface area contributed by atoms with Crippen LogP contribution in [0, 0.1) is 13.8 Å². The van der Waals surface area contributed by atoms with E-state index >= 15 is 0 Å². The molecular weight excluding hydrogens is 462 g/mol. The minimum absolute atomic E-state index is 0. The lowest BCUT2D eigenvalue weighted by molar-refractivity contribution is -0.173. The standard InChI is InChI=1S/C16H28F3N5O.HI/c1-4-20-15(22-8-6-10-25-12-16(17,18)19)21-7-5-9-24-14(3)11-13(2)23-24;/h11H,4-10,12H2,1-3H3,(H2,20,21,22);1H. The van der Waals surface area contributed by atoms with E-state index in [1.54, 1.807) is 0 Å². The molecule has 1 aromatic rings. The molecule has 0 fully saturated rings. The van der Waals surface area contributed by atoms with Crippen molar-refractivity contribution in [3.63, 3.8) is 0 Å². The third kappa shape index (κ3) is 11.6. The lowest BCUT2D eigenvalue weighted by Gasteiger charge is -2.12. The van der Waals surface area contributed by atoms with E-state index in [-0.39, 0.29) is 30.6 Å². The SMILES string of the molecule is CCNC(=NCCCn1nc(C)cc1C)NCCCOCC(F)(F)F.I. The number of aliphatic imine (C=N–C) groups is 1. The third-order valence-electron chi connectivity index (χ3n) is 3.27. The molecular formula is C16H29F3IN5O. The summed E-state index contributed by atoms with van der Waals surface area (Å²) in [5, 5.41) is 10.6. The zero-order valence-electron chi connectivity index (χ0n) is 15.5. The maximum Gasteiger partial charge on any atom is 0.411 e. The van der Waals surface area contributed by atoms with Crippen LogP contribution < -0.4 is 10.6 Å². The number of rotatable bonds is 10. The van der Waals surface area contributed by atoms with Gasteiger partial charge < -0.3 is 15.4 Å².